The number of likely N-dealkylation sites (tertiary alicyclic amines) is 1. The summed E-state index contributed by atoms with van der Waals surface area (Å²) < 4.78 is 0. The molecule has 1 saturated carbocycles. The van der Waals surface area contributed by atoms with Crippen LogP contribution in [-0.4, -0.2) is 40.6 Å². The SMILES string of the molecule is NC1CCN(C2(C(=O)O)CCCCC2)CC1. The van der Waals surface area contributed by atoms with Crippen LogP contribution in [0.5, 0.6) is 0 Å². The molecule has 4 heteroatoms. The molecule has 92 valence electrons. The van der Waals surface area contributed by atoms with Gasteiger partial charge in [0, 0.05) is 19.1 Å². The van der Waals surface area contributed by atoms with E-state index in [1.165, 1.54) is 6.42 Å². The van der Waals surface area contributed by atoms with Gasteiger partial charge in [0.2, 0.25) is 0 Å². The number of aliphatic carboxylic acids is 1. The zero-order valence-electron chi connectivity index (χ0n) is 9.82. The number of hydrogen-bond donors (Lipinski definition) is 2. The van der Waals surface area contributed by atoms with Crippen LogP contribution in [0.25, 0.3) is 0 Å². The quantitative estimate of drug-likeness (QED) is 0.742. The van der Waals surface area contributed by atoms with Gasteiger partial charge >= 0.3 is 5.97 Å². The van der Waals surface area contributed by atoms with Crippen molar-refractivity contribution in [1.82, 2.24) is 4.90 Å². The second-order valence-corrected chi connectivity index (χ2v) is 5.22. The molecule has 1 heterocycles. The van der Waals surface area contributed by atoms with Crippen molar-refractivity contribution in [3.63, 3.8) is 0 Å². The van der Waals surface area contributed by atoms with Crippen molar-refractivity contribution < 1.29 is 9.90 Å². The smallest absolute Gasteiger partial charge is 0.324 e. The summed E-state index contributed by atoms with van der Waals surface area (Å²) in [6.45, 7) is 1.71. The lowest BCUT2D eigenvalue weighted by molar-refractivity contribution is -0.155. The number of carboxylic acid groups (broad SMARTS) is 1. The van der Waals surface area contributed by atoms with Gasteiger partial charge in [-0.2, -0.15) is 0 Å². The molecule has 0 amide bonds. The second kappa shape index (κ2) is 4.72. The maximum absolute atomic E-state index is 11.6. The lowest BCUT2D eigenvalue weighted by atomic mass is 9.79. The van der Waals surface area contributed by atoms with Crippen molar-refractivity contribution in [2.45, 2.75) is 56.5 Å². The summed E-state index contributed by atoms with van der Waals surface area (Å²) in [5, 5.41) is 9.53. The van der Waals surface area contributed by atoms with Crippen molar-refractivity contribution in [3.05, 3.63) is 0 Å². The number of nitrogens with two attached hydrogens (primary N) is 1. The highest BCUT2D eigenvalue weighted by molar-refractivity contribution is 5.79. The summed E-state index contributed by atoms with van der Waals surface area (Å²) in [6, 6.07) is 0.269. The monoisotopic (exact) mass is 226 g/mol. The van der Waals surface area contributed by atoms with Gasteiger partial charge in [-0.1, -0.05) is 19.3 Å². The van der Waals surface area contributed by atoms with E-state index < -0.39 is 11.5 Å². The van der Waals surface area contributed by atoms with E-state index in [1.807, 2.05) is 0 Å². The molecule has 0 aromatic heterocycles. The first-order valence-electron chi connectivity index (χ1n) is 6.39. The third kappa shape index (κ3) is 2.09. The topological polar surface area (TPSA) is 66.6 Å². The number of nitrogens with zero attached hydrogens (tertiary/aromatic N) is 1. The predicted octanol–water partition coefficient (Wildman–Crippen LogP) is 1.20. The van der Waals surface area contributed by atoms with Crippen LogP contribution >= 0.6 is 0 Å². The number of piperidine rings is 1. The molecule has 16 heavy (non-hydrogen) atoms. The summed E-state index contributed by atoms with van der Waals surface area (Å²) in [5.41, 5.74) is 5.30. The third-order valence-corrected chi connectivity index (χ3v) is 4.22. The Kier molecular flexibility index (Phi) is 3.50. The Morgan fingerprint density at radius 1 is 1.19 bits per heavy atom. The zero-order valence-corrected chi connectivity index (χ0v) is 9.82. The number of hydrogen-bond acceptors (Lipinski definition) is 3. The molecule has 0 spiro atoms. The molecule has 0 radical (unpaired) electrons. The summed E-state index contributed by atoms with van der Waals surface area (Å²) in [7, 11) is 0. The van der Waals surface area contributed by atoms with Gasteiger partial charge in [-0.25, -0.2) is 0 Å². The van der Waals surface area contributed by atoms with Crippen LogP contribution in [-0.2, 0) is 4.79 Å². The van der Waals surface area contributed by atoms with Crippen molar-refractivity contribution in [1.29, 1.82) is 0 Å². The molecule has 2 rings (SSSR count). The maximum Gasteiger partial charge on any atom is 0.324 e. The molecule has 0 aromatic rings. The van der Waals surface area contributed by atoms with Gasteiger partial charge < -0.3 is 10.8 Å². The molecule has 3 N–H and O–H groups in total. The first kappa shape index (κ1) is 11.9. The fourth-order valence-corrected chi connectivity index (χ4v) is 3.13. The van der Waals surface area contributed by atoms with Crippen LogP contribution in [0.1, 0.15) is 44.9 Å². The largest absolute Gasteiger partial charge is 0.480 e. The summed E-state index contributed by atoms with van der Waals surface area (Å²) in [6.07, 6.45) is 6.80. The minimum absolute atomic E-state index is 0.269. The number of carboxylic acids is 1. The lowest BCUT2D eigenvalue weighted by Gasteiger charge is -2.45. The molecule has 1 saturated heterocycles. The Morgan fingerprint density at radius 3 is 2.25 bits per heavy atom. The standard InChI is InChI=1S/C12H22N2O2/c13-10-4-8-14(9-5-10)12(11(15)16)6-2-1-3-7-12/h10H,1-9,13H2,(H,15,16). The normalized spacial score (nSPS) is 27.8. The molecule has 0 bridgehead atoms. The molecule has 0 atom stereocenters. The van der Waals surface area contributed by atoms with Gasteiger partial charge in [0.1, 0.15) is 5.54 Å². The van der Waals surface area contributed by atoms with Gasteiger partial charge in [-0.3, -0.25) is 9.69 Å². The van der Waals surface area contributed by atoms with Crippen LogP contribution in [0.15, 0.2) is 0 Å². The summed E-state index contributed by atoms with van der Waals surface area (Å²) in [5.74, 6) is -0.623. The minimum atomic E-state index is -0.623. The van der Waals surface area contributed by atoms with E-state index in [2.05, 4.69) is 4.90 Å². The number of rotatable bonds is 2. The summed E-state index contributed by atoms with van der Waals surface area (Å²) >= 11 is 0. The van der Waals surface area contributed by atoms with Crippen LogP contribution in [0, 0.1) is 0 Å². The first-order chi connectivity index (χ1) is 7.65. The van der Waals surface area contributed by atoms with Crippen LogP contribution < -0.4 is 5.73 Å². The molecule has 0 aromatic carbocycles. The predicted molar refractivity (Wildman–Crippen MR) is 62.2 cm³/mol. The average molecular weight is 226 g/mol. The number of carbonyl (C=O) groups is 1. The van der Waals surface area contributed by atoms with Crippen LogP contribution in [0.2, 0.25) is 0 Å². The van der Waals surface area contributed by atoms with Gasteiger partial charge in [0.25, 0.3) is 0 Å². The van der Waals surface area contributed by atoms with E-state index in [0.29, 0.717) is 0 Å². The van der Waals surface area contributed by atoms with Gasteiger partial charge in [-0.15, -0.1) is 0 Å². The minimum Gasteiger partial charge on any atom is -0.480 e. The second-order valence-electron chi connectivity index (χ2n) is 5.22. The van der Waals surface area contributed by atoms with Crippen LogP contribution in [0.3, 0.4) is 0 Å². The Labute approximate surface area is 96.8 Å². The van der Waals surface area contributed by atoms with E-state index in [9.17, 15) is 9.90 Å². The average Bonchev–Trinajstić information content (AvgIpc) is 2.30. The van der Waals surface area contributed by atoms with Gasteiger partial charge in [-0.05, 0) is 25.7 Å². The molecule has 2 aliphatic rings. The van der Waals surface area contributed by atoms with Crippen molar-refractivity contribution in [2.75, 3.05) is 13.1 Å². The van der Waals surface area contributed by atoms with Crippen molar-refractivity contribution in [2.24, 2.45) is 5.73 Å². The first-order valence-corrected chi connectivity index (χ1v) is 6.39. The Bertz CT molecular complexity index is 254. The van der Waals surface area contributed by atoms with E-state index in [4.69, 9.17) is 5.73 Å². The molecule has 4 nitrogen and oxygen atoms in total. The van der Waals surface area contributed by atoms with Crippen molar-refractivity contribution in [3.8, 4) is 0 Å². The molecule has 1 aliphatic carbocycles. The highest BCUT2D eigenvalue weighted by Crippen LogP contribution is 2.35. The maximum atomic E-state index is 11.6. The zero-order chi connectivity index (χ0) is 11.6. The third-order valence-electron chi connectivity index (χ3n) is 4.22. The molecule has 2 fully saturated rings. The fraction of sp³-hybridized carbons (Fsp3) is 0.917. The fourth-order valence-electron chi connectivity index (χ4n) is 3.13. The van der Waals surface area contributed by atoms with E-state index in [0.717, 1.165) is 51.6 Å². The van der Waals surface area contributed by atoms with Crippen molar-refractivity contribution >= 4 is 5.97 Å². The molecule has 1 aliphatic heterocycles. The van der Waals surface area contributed by atoms with E-state index in [1.54, 1.807) is 0 Å². The highest BCUT2D eigenvalue weighted by atomic mass is 16.4. The molecule has 0 unspecified atom stereocenters. The lowest BCUT2D eigenvalue weighted by Crippen LogP contribution is -2.59. The van der Waals surface area contributed by atoms with Gasteiger partial charge in [0.15, 0.2) is 0 Å². The Morgan fingerprint density at radius 2 is 1.75 bits per heavy atom. The van der Waals surface area contributed by atoms with Gasteiger partial charge in [0.05, 0.1) is 0 Å². The Balaban J connectivity index is 2.09. The van der Waals surface area contributed by atoms with E-state index >= 15 is 0 Å². The molecular weight excluding hydrogens is 204 g/mol. The van der Waals surface area contributed by atoms with E-state index in [-0.39, 0.29) is 6.04 Å². The highest BCUT2D eigenvalue weighted by Gasteiger charge is 2.45. The Hall–Kier alpha value is -0.610. The molecular formula is C12H22N2O2. The van der Waals surface area contributed by atoms with Crippen LogP contribution in [0.4, 0.5) is 0 Å². The summed E-state index contributed by atoms with van der Waals surface area (Å²) in [4.78, 5) is 13.8.